The van der Waals surface area contributed by atoms with E-state index in [9.17, 15) is 0 Å². The molecule has 0 aliphatic heterocycles. The van der Waals surface area contributed by atoms with E-state index >= 15 is 0 Å². The third-order valence-electron chi connectivity index (χ3n) is 11.0. The molecule has 0 heteroatoms. The second-order valence-electron chi connectivity index (χ2n) is 13.8. The van der Waals surface area contributed by atoms with Gasteiger partial charge in [-0.05, 0) is 123 Å². The molecule has 0 aromatic heterocycles. The molecule has 0 radical (unpaired) electrons. The predicted octanol–water partition coefficient (Wildman–Crippen LogP) is 12.0. The summed E-state index contributed by atoms with van der Waals surface area (Å²) >= 11 is 0. The molecule has 3 saturated carbocycles. The lowest BCUT2D eigenvalue weighted by Crippen LogP contribution is -2.25. The van der Waals surface area contributed by atoms with Crippen molar-refractivity contribution in [2.24, 2.45) is 29.6 Å². The van der Waals surface area contributed by atoms with Crippen LogP contribution in [0.25, 0.3) is 0 Å². The maximum Gasteiger partial charge on any atom is 0.0249 e. The third-order valence-corrected chi connectivity index (χ3v) is 11.0. The molecular formula is C39H60. The molecule has 216 valence electrons. The lowest BCUT2D eigenvalue weighted by atomic mass is 9.68. The van der Waals surface area contributed by atoms with Gasteiger partial charge in [-0.2, -0.15) is 0 Å². The van der Waals surface area contributed by atoms with E-state index in [0.717, 1.165) is 35.5 Å². The van der Waals surface area contributed by atoms with E-state index in [1.165, 1.54) is 140 Å². The Balaban J connectivity index is 1.11. The molecule has 0 heterocycles. The van der Waals surface area contributed by atoms with Gasteiger partial charge in [0.05, 0.1) is 0 Å². The molecule has 0 unspecified atom stereocenters. The Labute approximate surface area is 243 Å². The van der Waals surface area contributed by atoms with Crippen LogP contribution in [0.5, 0.6) is 0 Å². The van der Waals surface area contributed by atoms with Crippen molar-refractivity contribution in [2.45, 2.75) is 155 Å². The Hall–Kier alpha value is -1.48. The van der Waals surface area contributed by atoms with Crippen molar-refractivity contribution in [2.75, 3.05) is 0 Å². The van der Waals surface area contributed by atoms with Gasteiger partial charge in [0.2, 0.25) is 0 Å². The summed E-state index contributed by atoms with van der Waals surface area (Å²) in [5, 5.41) is 0. The molecule has 0 bridgehead atoms. The molecule has 0 amide bonds. The lowest BCUT2D eigenvalue weighted by molar-refractivity contribution is 0.151. The molecular weight excluding hydrogens is 468 g/mol. The highest BCUT2D eigenvalue weighted by atomic mass is 14.4. The Morgan fingerprint density at radius 1 is 0.615 bits per heavy atom. The largest absolute Gasteiger partial charge is 0.0730 e. The SMILES string of the molecule is CCCCCC[C@H]1CC[C@H](C2CCC(/C=C/C#Cc3ccc([C@H]4CC[C@H](CCCCC)CC4)cc3)CC2)CC1. The highest BCUT2D eigenvalue weighted by molar-refractivity contribution is 5.39. The summed E-state index contributed by atoms with van der Waals surface area (Å²) in [7, 11) is 0. The molecule has 1 aromatic rings. The van der Waals surface area contributed by atoms with Gasteiger partial charge in [0.1, 0.15) is 0 Å². The van der Waals surface area contributed by atoms with Gasteiger partial charge < -0.3 is 0 Å². The van der Waals surface area contributed by atoms with E-state index in [-0.39, 0.29) is 0 Å². The van der Waals surface area contributed by atoms with Crippen LogP contribution in [0.2, 0.25) is 0 Å². The fourth-order valence-electron chi connectivity index (χ4n) is 8.23. The molecule has 3 aliphatic rings. The summed E-state index contributed by atoms with van der Waals surface area (Å²) in [4.78, 5) is 0. The summed E-state index contributed by atoms with van der Waals surface area (Å²) < 4.78 is 0. The average Bonchev–Trinajstić information content (AvgIpc) is 2.99. The first kappa shape index (κ1) is 30.5. The fraction of sp³-hybridized carbons (Fsp3) is 0.744. The van der Waals surface area contributed by atoms with Gasteiger partial charge in [0.25, 0.3) is 0 Å². The molecule has 3 aliphatic carbocycles. The minimum Gasteiger partial charge on any atom is -0.0730 e. The number of allylic oxidation sites excluding steroid dienone is 2. The van der Waals surface area contributed by atoms with Gasteiger partial charge in [0, 0.05) is 5.56 Å². The van der Waals surface area contributed by atoms with E-state index in [2.05, 4.69) is 62.1 Å². The number of hydrogen-bond acceptors (Lipinski definition) is 0. The molecule has 3 fully saturated rings. The summed E-state index contributed by atoms with van der Waals surface area (Å²) in [6.45, 7) is 4.64. The summed E-state index contributed by atoms with van der Waals surface area (Å²) in [6, 6.07) is 9.23. The van der Waals surface area contributed by atoms with Gasteiger partial charge in [-0.3, -0.25) is 0 Å². The summed E-state index contributed by atoms with van der Waals surface area (Å²) in [5.41, 5.74) is 2.71. The Bertz CT molecular complexity index is 855. The van der Waals surface area contributed by atoms with Crippen LogP contribution >= 0.6 is 0 Å². The van der Waals surface area contributed by atoms with Crippen LogP contribution in [0.3, 0.4) is 0 Å². The summed E-state index contributed by atoms with van der Waals surface area (Å²) in [6.07, 6.45) is 34.9. The van der Waals surface area contributed by atoms with Crippen molar-refractivity contribution in [3.05, 3.63) is 47.5 Å². The first-order chi connectivity index (χ1) is 19.2. The minimum absolute atomic E-state index is 0.755. The molecule has 1 aromatic carbocycles. The fourth-order valence-corrected chi connectivity index (χ4v) is 8.23. The van der Waals surface area contributed by atoms with Gasteiger partial charge in [-0.25, -0.2) is 0 Å². The van der Waals surface area contributed by atoms with E-state index in [1.807, 2.05) is 0 Å². The molecule has 0 N–H and O–H groups in total. The van der Waals surface area contributed by atoms with Crippen LogP contribution in [0, 0.1) is 41.4 Å². The predicted molar refractivity (Wildman–Crippen MR) is 171 cm³/mol. The molecule has 0 spiro atoms. The average molecular weight is 529 g/mol. The van der Waals surface area contributed by atoms with E-state index in [1.54, 1.807) is 5.56 Å². The zero-order valence-electron chi connectivity index (χ0n) is 25.8. The minimum atomic E-state index is 0.755. The van der Waals surface area contributed by atoms with Crippen LogP contribution in [0.1, 0.15) is 166 Å². The quantitative estimate of drug-likeness (QED) is 0.187. The Morgan fingerprint density at radius 2 is 1.15 bits per heavy atom. The van der Waals surface area contributed by atoms with Crippen molar-refractivity contribution in [1.29, 1.82) is 0 Å². The first-order valence-electron chi connectivity index (χ1n) is 17.5. The Morgan fingerprint density at radius 3 is 1.77 bits per heavy atom. The smallest absolute Gasteiger partial charge is 0.0249 e. The Kier molecular flexibility index (Phi) is 13.6. The number of benzene rings is 1. The van der Waals surface area contributed by atoms with E-state index in [0.29, 0.717) is 0 Å². The van der Waals surface area contributed by atoms with Crippen LogP contribution in [-0.2, 0) is 0 Å². The zero-order valence-corrected chi connectivity index (χ0v) is 25.8. The zero-order chi connectivity index (χ0) is 27.1. The van der Waals surface area contributed by atoms with Crippen molar-refractivity contribution in [3.63, 3.8) is 0 Å². The van der Waals surface area contributed by atoms with Gasteiger partial charge >= 0.3 is 0 Å². The first-order valence-corrected chi connectivity index (χ1v) is 17.5. The van der Waals surface area contributed by atoms with Gasteiger partial charge in [-0.1, -0.05) is 115 Å². The van der Waals surface area contributed by atoms with Crippen molar-refractivity contribution >= 4 is 0 Å². The van der Waals surface area contributed by atoms with Crippen LogP contribution < -0.4 is 0 Å². The number of rotatable bonds is 12. The lowest BCUT2D eigenvalue weighted by Gasteiger charge is -2.37. The standard InChI is InChI=1S/C39H60/c1-3-5-7-9-13-33-18-26-37(27-19-33)39-30-22-35(23-31-39)15-11-10-14-34-20-28-38(29-21-34)36-24-16-32(17-25-36)12-8-6-4-2/h11,15,20-21,28-29,32-33,35-37,39H,3-9,12-13,16-19,22-27,30-31H2,1-2H3/b15-11+/t32-,33-,35?,36-,37-,39?. The topological polar surface area (TPSA) is 0 Å². The van der Waals surface area contributed by atoms with Crippen LogP contribution in [0.4, 0.5) is 0 Å². The van der Waals surface area contributed by atoms with Crippen molar-refractivity contribution in [1.82, 2.24) is 0 Å². The van der Waals surface area contributed by atoms with Crippen molar-refractivity contribution in [3.8, 4) is 11.8 Å². The monoisotopic (exact) mass is 528 g/mol. The summed E-state index contributed by atoms with van der Waals surface area (Å²) in [5.74, 6) is 12.4. The molecule has 4 rings (SSSR count). The number of unbranched alkanes of at least 4 members (excludes halogenated alkanes) is 5. The van der Waals surface area contributed by atoms with E-state index in [4.69, 9.17) is 0 Å². The highest BCUT2D eigenvalue weighted by Crippen LogP contribution is 2.42. The maximum atomic E-state index is 3.40. The highest BCUT2D eigenvalue weighted by Gasteiger charge is 2.30. The van der Waals surface area contributed by atoms with Gasteiger partial charge in [-0.15, -0.1) is 0 Å². The number of hydrogen-bond donors (Lipinski definition) is 0. The molecule has 0 nitrogen and oxygen atoms in total. The normalized spacial score (nSPS) is 29.7. The van der Waals surface area contributed by atoms with Crippen LogP contribution in [0.15, 0.2) is 36.4 Å². The van der Waals surface area contributed by atoms with Crippen molar-refractivity contribution < 1.29 is 0 Å². The second kappa shape index (κ2) is 17.4. The van der Waals surface area contributed by atoms with Gasteiger partial charge in [0.15, 0.2) is 0 Å². The second-order valence-corrected chi connectivity index (χ2v) is 13.8. The molecule has 0 saturated heterocycles. The van der Waals surface area contributed by atoms with Crippen LogP contribution in [-0.4, -0.2) is 0 Å². The van der Waals surface area contributed by atoms with E-state index < -0.39 is 0 Å². The third kappa shape index (κ3) is 10.5. The molecule has 0 atom stereocenters. The molecule has 39 heavy (non-hydrogen) atoms. The maximum absolute atomic E-state index is 3.40.